The molecule has 1 unspecified atom stereocenters. The second-order valence-corrected chi connectivity index (χ2v) is 5.74. The van der Waals surface area contributed by atoms with Crippen LogP contribution < -0.4 is 0 Å². The lowest BCUT2D eigenvalue weighted by Gasteiger charge is -2.50. The van der Waals surface area contributed by atoms with E-state index in [-0.39, 0.29) is 18.8 Å². The molecule has 0 bridgehead atoms. The maximum atomic E-state index is 12.3. The first-order valence-electron chi connectivity index (χ1n) is 6.57. The van der Waals surface area contributed by atoms with Gasteiger partial charge < -0.3 is 14.6 Å². The summed E-state index contributed by atoms with van der Waals surface area (Å²) in [7, 11) is 0. The fraction of sp³-hybridized carbons (Fsp3) is 0.714. The number of carbonyl (C=O) groups is 2. The average Bonchev–Trinajstić information content (AvgIpc) is 2.27. The molecule has 0 aromatic heterocycles. The highest BCUT2D eigenvalue weighted by Gasteiger charge is 2.59. The molecule has 0 spiro atoms. The van der Waals surface area contributed by atoms with Gasteiger partial charge in [0.2, 0.25) is 0 Å². The lowest BCUT2D eigenvalue weighted by molar-refractivity contribution is -0.219. The molecule has 1 aliphatic carbocycles. The van der Waals surface area contributed by atoms with E-state index in [4.69, 9.17) is 9.47 Å². The number of ketones is 1. The topological polar surface area (TPSA) is 72.8 Å². The van der Waals surface area contributed by atoms with E-state index < -0.39 is 29.2 Å². The molecule has 1 saturated heterocycles. The Bertz CT molecular complexity index is 426. The maximum Gasteiger partial charge on any atom is 0.321 e. The summed E-state index contributed by atoms with van der Waals surface area (Å²) in [6.45, 7) is 5.62. The summed E-state index contributed by atoms with van der Waals surface area (Å²) in [5, 5.41) is 10.4. The number of aliphatic hydroxyl groups is 1. The van der Waals surface area contributed by atoms with Gasteiger partial charge >= 0.3 is 5.97 Å². The number of aliphatic hydroxyl groups excluding tert-OH is 1. The number of hydrogen-bond acceptors (Lipinski definition) is 5. The van der Waals surface area contributed by atoms with Crippen LogP contribution in [0.3, 0.4) is 0 Å². The molecule has 5 heteroatoms. The Hall–Kier alpha value is -1.20. The van der Waals surface area contributed by atoms with Crippen LogP contribution in [0.2, 0.25) is 0 Å². The Kier molecular flexibility index (Phi) is 3.53. The van der Waals surface area contributed by atoms with Gasteiger partial charge in [-0.15, -0.1) is 0 Å². The van der Waals surface area contributed by atoms with Gasteiger partial charge in [0.25, 0.3) is 0 Å². The third kappa shape index (κ3) is 2.32. The largest absolute Gasteiger partial charge is 0.465 e. The van der Waals surface area contributed by atoms with Gasteiger partial charge in [-0.1, -0.05) is 6.08 Å². The summed E-state index contributed by atoms with van der Waals surface area (Å²) in [5.41, 5.74) is -1.81. The molecule has 1 aliphatic heterocycles. The Balaban J connectivity index is 2.42. The highest BCUT2D eigenvalue weighted by atomic mass is 16.5. The Morgan fingerprint density at radius 1 is 1.58 bits per heavy atom. The standard InChI is InChI=1S/C14H20O5/c1-4-18-12(17)14-6-5-9(15)7-11(14)19-13(2,3)8-10(14)16/h5-6,10-11,16H,4,7-8H2,1-3H3/t10-,11?,14+/m1/s1. The van der Waals surface area contributed by atoms with Crippen molar-refractivity contribution in [2.75, 3.05) is 6.61 Å². The van der Waals surface area contributed by atoms with Crippen LogP contribution in [0.5, 0.6) is 0 Å². The molecule has 0 amide bonds. The molecule has 0 radical (unpaired) electrons. The summed E-state index contributed by atoms with van der Waals surface area (Å²) in [6, 6.07) is 0. The SMILES string of the molecule is CCOC(=O)[C@]12C=CC(=O)CC1OC(C)(C)C[C@H]2O. The smallest absolute Gasteiger partial charge is 0.321 e. The molecule has 1 heterocycles. The highest BCUT2D eigenvalue weighted by molar-refractivity contribution is 5.95. The zero-order chi connectivity index (χ0) is 14.3. The third-order valence-electron chi connectivity index (χ3n) is 3.79. The van der Waals surface area contributed by atoms with Crippen molar-refractivity contribution in [2.45, 2.75) is 51.4 Å². The zero-order valence-electron chi connectivity index (χ0n) is 11.5. The van der Waals surface area contributed by atoms with Gasteiger partial charge in [-0.05, 0) is 26.8 Å². The molecule has 2 aliphatic rings. The van der Waals surface area contributed by atoms with Crippen LogP contribution in [0.4, 0.5) is 0 Å². The summed E-state index contributed by atoms with van der Waals surface area (Å²) in [5.74, 6) is -0.624. The van der Waals surface area contributed by atoms with E-state index in [9.17, 15) is 14.7 Å². The number of allylic oxidation sites excluding steroid dienone is 1. The molecular weight excluding hydrogens is 248 g/mol. The third-order valence-corrected chi connectivity index (χ3v) is 3.79. The Labute approximate surface area is 112 Å². The van der Waals surface area contributed by atoms with E-state index in [1.165, 1.54) is 12.2 Å². The first-order valence-corrected chi connectivity index (χ1v) is 6.57. The van der Waals surface area contributed by atoms with E-state index in [1.807, 2.05) is 13.8 Å². The van der Waals surface area contributed by atoms with Crippen LogP contribution in [0.1, 0.15) is 33.6 Å². The lowest BCUT2D eigenvalue weighted by atomic mass is 9.67. The second kappa shape index (κ2) is 4.72. The molecule has 0 saturated carbocycles. The molecule has 1 N–H and O–H groups in total. The van der Waals surface area contributed by atoms with Crippen LogP contribution in [-0.4, -0.2) is 41.3 Å². The molecular formula is C14H20O5. The van der Waals surface area contributed by atoms with Crippen LogP contribution in [0.15, 0.2) is 12.2 Å². The molecule has 106 valence electrons. The molecule has 3 atom stereocenters. The van der Waals surface area contributed by atoms with E-state index in [0.29, 0.717) is 6.42 Å². The summed E-state index contributed by atoms with van der Waals surface area (Å²) < 4.78 is 10.9. The van der Waals surface area contributed by atoms with Gasteiger partial charge in [0.15, 0.2) is 5.78 Å². The normalized spacial score (nSPS) is 36.7. The van der Waals surface area contributed by atoms with Crippen LogP contribution in [-0.2, 0) is 19.1 Å². The van der Waals surface area contributed by atoms with Gasteiger partial charge in [-0.3, -0.25) is 9.59 Å². The molecule has 5 nitrogen and oxygen atoms in total. The highest BCUT2D eigenvalue weighted by Crippen LogP contribution is 2.46. The quantitative estimate of drug-likeness (QED) is 0.756. The first-order chi connectivity index (χ1) is 8.82. The molecule has 1 fully saturated rings. The van der Waals surface area contributed by atoms with Gasteiger partial charge in [0.1, 0.15) is 5.41 Å². The van der Waals surface area contributed by atoms with Crippen molar-refractivity contribution in [1.29, 1.82) is 0 Å². The van der Waals surface area contributed by atoms with Crippen molar-refractivity contribution in [2.24, 2.45) is 5.41 Å². The van der Waals surface area contributed by atoms with Crippen molar-refractivity contribution in [3.63, 3.8) is 0 Å². The average molecular weight is 268 g/mol. The monoisotopic (exact) mass is 268 g/mol. The van der Waals surface area contributed by atoms with Crippen LogP contribution in [0, 0.1) is 5.41 Å². The number of ether oxygens (including phenoxy) is 2. The fourth-order valence-electron chi connectivity index (χ4n) is 2.88. The maximum absolute atomic E-state index is 12.3. The fourth-order valence-corrected chi connectivity index (χ4v) is 2.88. The van der Waals surface area contributed by atoms with Crippen molar-refractivity contribution in [3.05, 3.63) is 12.2 Å². The van der Waals surface area contributed by atoms with E-state index in [2.05, 4.69) is 0 Å². The van der Waals surface area contributed by atoms with Gasteiger partial charge in [-0.25, -0.2) is 0 Å². The predicted octanol–water partition coefficient (Wildman–Crippen LogP) is 0.993. The Morgan fingerprint density at radius 3 is 2.89 bits per heavy atom. The van der Waals surface area contributed by atoms with Gasteiger partial charge in [0, 0.05) is 12.8 Å². The van der Waals surface area contributed by atoms with Crippen molar-refractivity contribution in [1.82, 2.24) is 0 Å². The van der Waals surface area contributed by atoms with Gasteiger partial charge in [-0.2, -0.15) is 0 Å². The summed E-state index contributed by atoms with van der Waals surface area (Å²) >= 11 is 0. The van der Waals surface area contributed by atoms with E-state index >= 15 is 0 Å². The lowest BCUT2D eigenvalue weighted by Crippen LogP contribution is -2.61. The number of hydrogen-bond donors (Lipinski definition) is 1. The molecule has 0 aromatic rings. The number of esters is 1. The number of carbonyl (C=O) groups excluding carboxylic acids is 2. The molecule has 0 aromatic carbocycles. The minimum atomic E-state index is -1.25. The molecule has 19 heavy (non-hydrogen) atoms. The van der Waals surface area contributed by atoms with E-state index in [1.54, 1.807) is 6.92 Å². The minimum Gasteiger partial charge on any atom is -0.465 e. The van der Waals surface area contributed by atoms with Crippen molar-refractivity contribution >= 4 is 11.8 Å². The summed E-state index contributed by atoms with van der Waals surface area (Å²) in [4.78, 5) is 23.8. The van der Waals surface area contributed by atoms with E-state index in [0.717, 1.165) is 0 Å². The van der Waals surface area contributed by atoms with Crippen molar-refractivity contribution in [3.8, 4) is 0 Å². The first kappa shape index (κ1) is 14.2. The number of fused-ring (bicyclic) bond motifs is 1. The minimum absolute atomic E-state index is 0.0931. The van der Waals surface area contributed by atoms with Gasteiger partial charge in [0.05, 0.1) is 24.4 Å². The second-order valence-electron chi connectivity index (χ2n) is 5.74. The van der Waals surface area contributed by atoms with Crippen LogP contribution in [0.25, 0.3) is 0 Å². The Morgan fingerprint density at radius 2 is 2.26 bits per heavy atom. The number of rotatable bonds is 2. The molecule has 2 rings (SSSR count). The summed E-state index contributed by atoms with van der Waals surface area (Å²) in [6.07, 6.45) is 1.64. The van der Waals surface area contributed by atoms with Crippen LogP contribution >= 0.6 is 0 Å². The predicted molar refractivity (Wildman–Crippen MR) is 67.4 cm³/mol. The zero-order valence-corrected chi connectivity index (χ0v) is 11.5. The van der Waals surface area contributed by atoms with Crippen molar-refractivity contribution < 1.29 is 24.2 Å².